The fourth-order valence-electron chi connectivity index (χ4n) is 3.27. The zero-order valence-electron chi connectivity index (χ0n) is 12.5. The van der Waals surface area contributed by atoms with Gasteiger partial charge in [0.15, 0.2) is 0 Å². The number of hydrogen-bond acceptors (Lipinski definition) is 3. The zero-order chi connectivity index (χ0) is 13.8. The van der Waals surface area contributed by atoms with E-state index in [4.69, 9.17) is 0 Å². The van der Waals surface area contributed by atoms with Crippen molar-refractivity contribution >= 4 is 11.8 Å². The Morgan fingerprint density at radius 1 is 1.30 bits per heavy atom. The van der Waals surface area contributed by atoms with Crippen LogP contribution in [0, 0.1) is 5.92 Å². The normalized spacial score (nSPS) is 28.2. The Bertz CT molecular complexity index is 418. The lowest BCUT2D eigenvalue weighted by molar-refractivity contribution is 0.210. The Hall–Kier alpha value is -0.510. The molecule has 0 aromatic heterocycles. The van der Waals surface area contributed by atoms with Crippen molar-refractivity contribution in [1.29, 1.82) is 0 Å². The van der Waals surface area contributed by atoms with Crippen molar-refractivity contribution in [3.05, 3.63) is 30.3 Å². The summed E-state index contributed by atoms with van der Waals surface area (Å²) in [4.78, 5) is 4.07. The third-order valence-corrected chi connectivity index (χ3v) is 5.62. The minimum absolute atomic E-state index is 0.369. The Kier molecular flexibility index (Phi) is 4.69. The van der Waals surface area contributed by atoms with Crippen LogP contribution in [0.2, 0.25) is 0 Å². The number of nitrogens with zero attached hydrogens (tertiary/aromatic N) is 1. The lowest BCUT2D eigenvalue weighted by atomic mass is 9.95. The summed E-state index contributed by atoms with van der Waals surface area (Å²) in [7, 11) is 0. The zero-order valence-corrected chi connectivity index (χ0v) is 13.3. The van der Waals surface area contributed by atoms with E-state index < -0.39 is 0 Å². The molecule has 0 bridgehead atoms. The van der Waals surface area contributed by atoms with E-state index in [2.05, 4.69) is 47.5 Å². The van der Waals surface area contributed by atoms with Crippen LogP contribution in [0.1, 0.15) is 26.2 Å². The smallest absolute Gasteiger partial charge is 0.0308 e. The van der Waals surface area contributed by atoms with Crippen molar-refractivity contribution in [2.24, 2.45) is 5.92 Å². The summed E-state index contributed by atoms with van der Waals surface area (Å²) in [5.74, 6) is 2.12. The van der Waals surface area contributed by atoms with Crippen molar-refractivity contribution in [1.82, 2.24) is 10.2 Å². The van der Waals surface area contributed by atoms with Crippen LogP contribution >= 0.6 is 11.8 Å². The molecule has 1 aromatic rings. The van der Waals surface area contributed by atoms with E-state index >= 15 is 0 Å². The molecule has 2 nitrogen and oxygen atoms in total. The van der Waals surface area contributed by atoms with Gasteiger partial charge in [0.25, 0.3) is 0 Å². The average molecular weight is 290 g/mol. The lowest BCUT2D eigenvalue weighted by Gasteiger charge is -2.34. The molecule has 110 valence electrons. The minimum atomic E-state index is 0.369. The van der Waals surface area contributed by atoms with Gasteiger partial charge in [0.2, 0.25) is 0 Å². The molecule has 1 aliphatic carbocycles. The fourth-order valence-corrected chi connectivity index (χ4v) is 4.20. The first-order valence-corrected chi connectivity index (χ1v) is 8.90. The van der Waals surface area contributed by atoms with E-state index in [-0.39, 0.29) is 0 Å². The highest BCUT2D eigenvalue weighted by molar-refractivity contribution is 7.99. The van der Waals surface area contributed by atoms with Crippen molar-refractivity contribution in [3.8, 4) is 0 Å². The molecule has 0 spiro atoms. The molecule has 1 unspecified atom stereocenters. The Balaban J connectivity index is 1.49. The summed E-state index contributed by atoms with van der Waals surface area (Å²) in [6, 6.07) is 10.8. The van der Waals surface area contributed by atoms with Gasteiger partial charge in [-0.25, -0.2) is 0 Å². The van der Waals surface area contributed by atoms with Gasteiger partial charge in [-0.3, -0.25) is 0 Å². The second kappa shape index (κ2) is 6.50. The maximum Gasteiger partial charge on any atom is 0.0308 e. The summed E-state index contributed by atoms with van der Waals surface area (Å²) in [5.41, 5.74) is 0.369. The molecule has 1 atom stereocenters. The standard InChI is InChI=1S/C17H26N2S/c1-17(15-8-9-15)14-19(11-5-10-18-17)12-13-20-16-6-3-2-4-7-16/h2-4,6-7,15,18H,5,8-14H2,1H3. The quantitative estimate of drug-likeness (QED) is 0.838. The second-order valence-electron chi connectivity index (χ2n) is 6.41. The van der Waals surface area contributed by atoms with Gasteiger partial charge in [-0.15, -0.1) is 11.8 Å². The lowest BCUT2D eigenvalue weighted by Crippen LogP contribution is -2.51. The molecule has 1 N–H and O–H groups in total. The number of rotatable bonds is 5. The van der Waals surface area contributed by atoms with Gasteiger partial charge in [0.05, 0.1) is 0 Å². The Morgan fingerprint density at radius 3 is 2.85 bits per heavy atom. The van der Waals surface area contributed by atoms with Crippen LogP contribution < -0.4 is 5.32 Å². The van der Waals surface area contributed by atoms with Crippen molar-refractivity contribution in [2.75, 3.05) is 31.9 Å². The highest BCUT2D eigenvalue weighted by Crippen LogP contribution is 2.40. The number of hydrogen-bond donors (Lipinski definition) is 1. The van der Waals surface area contributed by atoms with Crippen LogP contribution in [0.5, 0.6) is 0 Å². The first-order chi connectivity index (χ1) is 9.76. The van der Waals surface area contributed by atoms with Crippen LogP contribution in [0.25, 0.3) is 0 Å². The first kappa shape index (κ1) is 14.4. The van der Waals surface area contributed by atoms with Crippen LogP contribution in [-0.2, 0) is 0 Å². The first-order valence-electron chi connectivity index (χ1n) is 7.91. The van der Waals surface area contributed by atoms with Gasteiger partial charge < -0.3 is 10.2 Å². The van der Waals surface area contributed by atoms with Crippen molar-refractivity contribution in [3.63, 3.8) is 0 Å². The summed E-state index contributed by atoms with van der Waals surface area (Å²) >= 11 is 1.98. The van der Waals surface area contributed by atoms with Gasteiger partial charge >= 0.3 is 0 Å². The number of thioether (sulfide) groups is 1. The summed E-state index contributed by atoms with van der Waals surface area (Å²) in [5, 5.41) is 3.81. The average Bonchev–Trinajstić information content (AvgIpc) is 3.28. The molecule has 0 radical (unpaired) electrons. The summed E-state index contributed by atoms with van der Waals surface area (Å²) < 4.78 is 0. The molecule has 0 amide bonds. The molecule has 1 saturated heterocycles. The van der Waals surface area contributed by atoms with E-state index in [1.54, 1.807) is 0 Å². The molecular weight excluding hydrogens is 264 g/mol. The molecule has 2 fully saturated rings. The molecule has 1 aromatic carbocycles. The van der Waals surface area contributed by atoms with Gasteiger partial charge in [-0.1, -0.05) is 18.2 Å². The topological polar surface area (TPSA) is 15.3 Å². The summed E-state index contributed by atoms with van der Waals surface area (Å²) in [6.07, 6.45) is 4.14. The predicted octanol–water partition coefficient (Wildman–Crippen LogP) is 3.24. The fraction of sp³-hybridized carbons (Fsp3) is 0.647. The molecule has 3 rings (SSSR count). The van der Waals surface area contributed by atoms with Gasteiger partial charge in [-0.2, -0.15) is 0 Å². The van der Waals surface area contributed by atoms with Gasteiger partial charge in [-0.05, 0) is 57.3 Å². The molecular formula is C17H26N2S. The maximum atomic E-state index is 3.81. The van der Waals surface area contributed by atoms with E-state index in [0.717, 1.165) is 5.92 Å². The SMILES string of the molecule is CC1(C2CC2)CN(CCSc2ccccc2)CCCN1. The highest BCUT2D eigenvalue weighted by Gasteiger charge is 2.42. The predicted molar refractivity (Wildman–Crippen MR) is 87.4 cm³/mol. The third-order valence-electron chi connectivity index (χ3n) is 4.63. The molecule has 2 aliphatic rings. The van der Waals surface area contributed by atoms with Crippen LogP contribution in [-0.4, -0.2) is 42.4 Å². The van der Waals surface area contributed by atoms with Gasteiger partial charge in [0.1, 0.15) is 0 Å². The second-order valence-corrected chi connectivity index (χ2v) is 7.58. The van der Waals surface area contributed by atoms with Crippen LogP contribution in [0.4, 0.5) is 0 Å². The van der Waals surface area contributed by atoms with E-state index in [1.165, 1.54) is 56.1 Å². The molecule has 1 saturated carbocycles. The van der Waals surface area contributed by atoms with Crippen LogP contribution in [0.15, 0.2) is 35.2 Å². The largest absolute Gasteiger partial charge is 0.310 e. The number of benzene rings is 1. The molecule has 20 heavy (non-hydrogen) atoms. The van der Waals surface area contributed by atoms with E-state index in [9.17, 15) is 0 Å². The van der Waals surface area contributed by atoms with E-state index in [1.807, 2.05) is 11.8 Å². The third kappa shape index (κ3) is 3.78. The molecule has 1 aliphatic heterocycles. The van der Waals surface area contributed by atoms with Crippen LogP contribution in [0.3, 0.4) is 0 Å². The Morgan fingerprint density at radius 2 is 2.10 bits per heavy atom. The highest BCUT2D eigenvalue weighted by atomic mass is 32.2. The number of nitrogens with one attached hydrogen (secondary N) is 1. The Labute approximate surface area is 127 Å². The van der Waals surface area contributed by atoms with Crippen molar-refractivity contribution < 1.29 is 0 Å². The van der Waals surface area contributed by atoms with E-state index in [0.29, 0.717) is 5.54 Å². The van der Waals surface area contributed by atoms with Crippen molar-refractivity contribution in [2.45, 2.75) is 36.6 Å². The maximum absolute atomic E-state index is 3.81. The van der Waals surface area contributed by atoms with Gasteiger partial charge in [0, 0.05) is 29.3 Å². The minimum Gasteiger partial charge on any atom is -0.310 e. The monoisotopic (exact) mass is 290 g/mol. The summed E-state index contributed by atoms with van der Waals surface area (Å²) in [6.45, 7) is 7.32. The molecule has 3 heteroatoms. The molecule has 1 heterocycles.